The molecule has 0 radical (unpaired) electrons. The first-order valence-electron chi connectivity index (χ1n) is 6.11. The van der Waals surface area contributed by atoms with Crippen LogP contribution in [0.3, 0.4) is 0 Å². The number of aromatic nitrogens is 2. The van der Waals surface area contributed by atoms with Crippen molar-refractivity contribution in [1.82, 2.24) is 9.97 Å². The Morgan fingerprint density at radius 1 is 1.33 bits per heavy atom. The van der Waals surface area contributed by atoms with Crippen molar-refractivity contribution in [2.45, 2.75) is 31.8 Å². The predicted octanol–water partition coefficient (Wildman–Crippen LogP) is 1.49. The van der Waals surface area contributed by atoms with E-state index in [0.29, 0.717) is 22.7 Å². The number of nitrogens with two attached hydrogens (primary N) is 1. The fraction of sp³-hybridized carbons (Fsp3) is 0.636. The fourth-order valence-corrected chi connectivity index (χ4v) is 2.71. The van der Waals surface area contributed by atoms with Crippen LogP contribution in [0.25, 0.3) is 0 Å². The molecule has 1 fully saturated rings. The van der Waals surface area contributed by atoms with Crippen LogP contribution in [0.15, 0.2) is 10.8 Å². The molecule has 0 amide bonds. The highest BCUT2D eigenvalue weighted by molar-refractivity contribution is 9.10. The molecule has 2 unspecified atom stereocenters. The van der Waals surface area contributed by atoms with E-state index in [4.69, 9.17) is 5.84 Å². The Bertz CT molecular complexity index is 403. The van der Waals surface area contributed by atoms with Crippen molar-refractivity contribution >= 4 is 27.6 Å². The van der Waals surface area contributed by atoms with Crippen LogP contribution in [0.1, 0.15) is 25.7 Å². The Kier molecular flexibility index (Phi) is 4.73. The van der Waals surface area contributed by atoms with Gasteiger partial charge in [0.05, 0.1) is 6.10 Å². The molecule has 1 aliphatic carbocycles. The van der Waals surface area contributed by atoms with Gasteiger partial charge >= 0.3 is 0 Å². The second-order valence-electron chi connectivity index (χ2n) is 4.52. The topological polar surface area (TPSA) is 96.1 Å². The molecule has 6 nitrogen and oxygen atoms in total. The number of nitrogens with zero attached hydrogens (tertiary/aromatic N) is 2. The number of rotatable bonds is 4. The minimum Gasteiger partial charge on any atom is -0.393 e. The molecule has 1 saturated carbocycles. The fourth-order valence-electron chi connectivity index (χ4n) is 2.25. The Hall–Kier alpha value is -0.920. The number of anilines is 2. The van der Waals surface area contributed by atoms with Gasteiger partial charge in [-0.2, -0.15) is 0 Å². The van der Waals surface area contributed by atoms with Crippen molar-refractivity contribution in [3.8, 4) is 0 Å². The summed E-state index contributed by atoms with van der Waals surface area (Å²) in [6, 6.07) is 0. The third-order valence-electron chi connectivity index (χ3n) is 3.33. The summed E-state index contributed by atoms with van der Waals surface area (Å²) in [5.41, 5.74) is 2.50. The van der Waals surface area contributed by atoms with Crippen molar-refractivity contribution < 1.29 is 5.11 Å². The number of aliphatic hydroxyl groups excluding tert-OH is 1. The molecule has 0 saturated heterocycles. The first-order valence-corrected chi connectivity index (χ1v) is 6.90. The summed E-state index contributed by atoms with van der Waals surface area (Å²) in [6.45, 7) is 0.709. The van der Waals surface area contributed by atoms with E-state index < -0.39 is 0 Å². The van der Waals surface area contributed by atoms with Gasteiger partial charge < -0.3 is 15.8 Å². The van der Waals surface area contributed by atoms with Gasteiger partial charge in [0, 0.05) is 12.5 Å². The highest BCUT2D eigenvalue weighted by Gasteiger charge is 2.23. The van der Waals surface area contributed by atoms with Gasteiger partial charge in [0.1, 0.15) is 16.6 Å². The van der Waals surface area contributed by atoms with Gasteiger partial charge in [-0.1, -0.05) is 12.8 Å². The molecule has 5 N–H and O–H groups in total. The van der Waals surface area contributed by atoms with Gasteiger partial charge in [-0.05, 0) is 28.8 Å². The normalized spacial score (nSPS) is 23.7. The molecule has 0 aliphatic heterocycles. The highest BCUT2D eigenvalue weighted by atomic mass is 79.9. The molecule has 0 aromatic carbocycles. The van der Waals surface area contributed by atoms with Crippen LogP contribution >= 0.6 is 15.9 Å². The summed E-state index contributed by atoms with van der Waals surface area (Å²) in [5.74, 6) is 6.86. The monoisotopic (exact) mass is 315 g/mol. The lowest BCUT2D eigenvalue weighted by molar-refractivity contribution is 0.0763. The summed E-state index contributed by atoms with van der Waals surface area (Å²) >= 11 is 3.39. The average Bonchev–Trinajstić information content (AvgIpc) is 2.39. The zero-order valence-corrected chi connectivity index (χ0v) is 11.7. The number of hydrogen-bond donors (Lipinski definition) is 4. The molecule has 1 aliphatic rings. The maximum atomic E-state index is 9.90. The molecule has 2 rings (SSSR count). The van der Waals surface area contributed by atoms with Gasteiger partial charge in [-0.25, -0.2) is 15.8 Å². The number of aliphatic hydroxyl groups is 1. The van der Waals surface area contributed by atoms with Gasteiger partial charge in [0.15, 0.2) is 5.82 Å². The Morgan fingerprint density at radius 3 is 2.78 bits per heavy atom. The Morgan fingerprint density at radius 2 is 2.06 bits per heavy atom. The lowest BCUT2D eigenvalue weighted by Gasteiger charge is -2.27. The molecule has 7 heteroatoms. The Labute approximate surface area is 114 Å². The number of hydrogen-bond acceptors (Lipinski definition) is 6. The molecule has 1 heterocycles. The number of halogens is 1. The van der Waals surface area contributed by atoms with Crippen LogP contribution in [0, 0.1) is 5.92 Å². The highest BCUT2D eigenvalue weighted by Crippen LogP contribution is 2.28. The first-order chi connectivity index (χ1) is 8.72. The van der Waals surface area contributed by atoms with Crippen LogP contribution in [0.4, 0.5) is 11.6 Å². The maximum Gasteiger partial charge on any atom is 0.159 e. The standard InChI is InChI=1S/C11H18BrN5O/c12-9-10(15-6-16-11(9)17-13)14-5-7-3-1-2-4-8(7)18/h6-8,18H,1-5,13H2,(H2,14,15,16,17). The minimum absolute atomic E-state index is 0.209. The van der Waals surface area contributed by atoms with Gasteiger partial charge in [-0.3, -0.25) is 0 Å². The zero-order valence-electron chi connectivity index (χ0n) is 10.1. The predicted molar refractivity (Wildman–Crippen MR) is 74.0 cm³/mol. The van der Waals surface area contributed by atoms with Gasteiger partial charge in [-0.15, -0.1) is 0 Å². The number of nitrogen functional groups attached to an aromatic ring is 1. The van der Waals surface area contributed by atoms with E-state index in [-0.39, 0.29) is 12.0 Å². The average molecular weight is 316 g/mol. The smallest absolute Gasteiger partial charge is 0.159 e. The van der Waals surface area contributed by atoms with E-state index in [2.05, 4.69) is 36.6 Å². The molecule has 100 valence electrons. The van der Waals surface area contributed by atoms with E-state index in [1.54, 1.807) is 0 Å². The van der Waals surface area contributed by atoms with E-state index in [0.717, 1.165) is 19.3 Å². The van der Waals surface area contributed by atoms with E-state index in [1.165, 1.54) is 12.7 Å². The molecule has 1 aromatic heterocycles. The summed E-state index contributed by atoms with van der Waals surface area (Å²) < 4.78 is 0.706. The summed E-state index contributed by atoms with van der Waals surface area (Å²) in [6.07, 6.45) is 5.49. The molecule has 2 atom stereocenters. The number of hydrazine groups is 1. The van der Waals surface area contributed by atoms with E-state index in [9.17, 15) is 5.11 Å². The lowest BCUT2D eigenvalue weighted by Crippen LogP contribution is -2.30. The van der Waals surface area contributed by atoms with E-state index >= 15 is 0 Å². The van der Waals surface area contributed by atoms with Crippen LogP contribution in [-0.2, 0) is 0 Å². The number of nitrogens with one attached hydrogen (secondary N) is 2. The maximum absolute atomic E-state index is 9.90. The van der Waals surface area contributed by atoms with Crippen molar-refractivity contribution in [3.05, 3.63) is 10.8 Å². The summed E-state index contributed by atoms with van der Waals surface area (Å²) in [5, 5.41) is 13.1. The van der Waals surface area contributed by atoms with Crippen molar-refractivity contribution in [2.75, 3.05) is 17.3 Å². The van der Waals surface area contributed by atoms with Gasteiger partial charge in [0.25, 0.3) is 0 Å². The zero-order chi connectivity index (χ0) is 13.0. The van der Waals surface area contributed by atoms with Crippen LogP contribution < -0.4 is 16.6 Å². The third kappa shape index (κ3) is 3.09. The van der Waals surface area contributed by atoms with Gasteiger partial charge in [0.2, 0.25) is 0 Å². The SMILES string of the molecule is NNc1ncnc(NCC2CCCCC2O)c1Br. The van der Waals surface area contributed by atoms with Crippen LogP contribution in [0.2, 0.25) is 0 Å². The third-order valence-corrected chi connectivity index (χ3v) is 4.08. The quantitative estimate of drug-likeness (QED) is 0.496. The molecule has 0 spiro atoms. The second-order valence-corrected chi connectivity index (χ2v) is 5.31. The van der Waals surface area contributed by atoms with Crippen LogP contribution in [0.5, 0.6) is 0 Å². The van der Waals surface area contributed by atoms with Crippen molar-refractivity contribution in [3.63, 3.8) is 0 Å². The Balaban J connectivity index is 1.97. The molecule has 0 bridgehead atoms. The molecule has 1 aromatic rings. The van der Waals surface area contributed by atoms with Crippen molar-refractivity contribution in [1.29, 1.82) is 0 Å². The first kappa shape index (κ1) is 13.5. The summed E-state index contributed by atoms with van der Waals surface area (Å²) in [7, 11) is 0. The lowest BCUT2D eigenvalue weighted by atomic mass is 9.86. The molecule has 18 heavy (non-hydrogen) atoms. The second kappa shape index (κ2) is 6.31. The molecular formula is C11H18BrN5O. The largest absolute Gasteiger partial charge is 0.393 e. The molecular weight excluding hydrogens is 298 g/mol. The van der Waals surface area contributed by atoms with Crippen LogP contribution in [-0.4, -0.2) is 27.7 Å². The van der Waals surface area contributed by atoms with Crippen molar-refractivity contribution in [2.24, 2.45) is 11.8 Å². The van der Waals surface area contributed by atoms with E-state index in [1.807, 2.05) is 0 Å². The minimum atomic E-state index is -0.209. The summed E-state index contributed by atoms with van der Waals surface area (Å²) in [4.78, 5) is 8.13.